The van der Waals surface area contributed by atoms with Gasteiger partial charge < -0.3 is 16.6 Å². The molecular weight excluding hydrogens is 272 g/mol. The van der Waals surface area contributed by atoms with Crippen LogP contribution >= 0.6 is 15.9 Å². The summed E-state index contributed by atoms with van der Waals surface area (Å²) >= 11 is 3.21. The molecule has 0 aliphatic rings. The minimum Gasteiger partial charge on any atom is -0.404 e. The molecule has 90 valence electrons. The van der Waals surface area contributed by atoms with Crippen molar-refractivity contribution in [3.63, 3.8) is 0 Å². The first-order valence-corrected chi connectivity index (χ1v) is 5.40. The molecule has 0 aromatic rings. The molecular formula is C10H17BrN4O. The normalized spacial score (nSPS) is 17.6. The van der Waals surface area contributed by atoms with Crippen molar-refractivity contribution in [1.82, 2.24) is 0 Å². The Morgan fingerprint density at radius 3 is 2.00 bits per heavy atom. The number of hydrogen-bond acceptors (Lipinski definition) is 5. The summed E-state index contributed by atoms with van der Waals surface area (Å²) in [6.07, 6.45) is 1.65. The average Bonchev–Trinajstić information content (AvgIpc) is 2.30. The zero-order valence-corrected chi connectivity index (χ0v) is 11.2. The first kappa shape index (κ1) is 14.9. The number of aliphatic imine (C=N–C) groups is 2. The predicted octanol–water partition coefficient (Wildman–Crippen LogP) is 0.546. The number of hydrogen-bond donors (Lipinski definition) is 3. The van der Waals surface area contributed by atoms with Crippen LogP contribution in [0.4, 0.5) is 0 Å². The second-order valence-corrected chi connectivity index (χ2v) is 3.72. The quantitative estimate of drug-likeness (QED) is 0.659. The van der Waals surface area contributed by atoms with Gasteiger partial charge in [0, 0.05) is 43.4 Å². The van der Waals surface area contributed by atoms with E-state index in [1.807, 2.05) is 0 Å². The van der Waals surface area contributed by atoms with E-state index in [1.54, 1.807) is 21.0 Å². The van der Waals surface area contributed by atoms with Crippen molar-refractivity contribution in [3.8, 4) is 0 Å². The zero-order chi connectivity index (χ0) is 12.7. The Morgan fingerprint density at radius 2 is 1.69 bits per heavy atom. The third-order valence-corrected chi connectivity index (χ3v) is 2.95. The van der Waals surface area contributed by atoms with Crippen molar-refractivity contribution < 1.29 is 5.11 Å². The summed E-state index contributed by atoms with van der Waals surface area (Å²) in [5.74, 6) is 0. The van der Waals surface area contributed by atoms with E-state index in [9.17, 15) is 5.11 Å². The summed E-state index contributed by atoms with van der Waals surface area (Å²) in [5, 5.41) is 10.1. The van der Waals surface area contributed by atoms with Crippen molar-refractivity contribution in [2.45, 2.75) is 13.0 Å². The van der Waals surface area contributed by atoms with Gasteiger partial charge in [0.2, 0.25) is 0 Å². The topological polar surface area (TPSA) is 97.0 Å². The van der Waals surface area contributed by atoms with Gasteiger partial charge in [-0.05, 0) is 22.9 Å². The second-order valence-electron chi connectivity index (χ2n) is 2.97. The molecule has 5 nitrogen and oxygen atoms in total. The van der Waals surface area contributed by atoms with Gasteiger partial charge in [0.1, 0.15) is 10.7 Å². The van der Waals surface area contributed by atoms with Crippen LogP contribution in [0.5, 0.6) is 0 Å². The first-order valence-electron chi connectivity index (χ1n) is 4.61. The Balaban J connectivity index is 5.26. The van der Waals surface area contributed by atoms with E-state index >= 15 is 0 Å². The summed E-state index contributed by atoms with van der Waals surface area (Å²) in [6.45, 7) is 1.76. The number of nitrogens with zero attached hydrogens (tertiary/aromatic N) is 2. The van der Waals surface area contributed by atoms with E-state index < -0.39 is 6.10 Å². The van der Waals surface area contributed by atoms with Crippen molar-refractivity contribution in [2.75, 3.05) is 14.1 Å². The Kier molecular flexibility index (Phi) is 6.67. The van der Waals surface area contributed by atoms with E-state index in [0.29, 0.717) is 21.5 Å². The molecule has 0 fully saturated rings. The Morgan fingerprint density at radius 1 is 1.19 bits per heavy atom. The highest BCUT2D eigenvalue weighted by molar-refractivity contribution is 9.18. The lowest BCUT2D eigenvalue weighted by molar-refractivity contribution is 0.259. The molecule has 0 saturated heterocycles. The van der Waals surface area contributed by atoms with Crippen LogP contribution in [0.3, 0.4) is 0 Å². The highest BCUT2D eigenvalue weighted by Crippen LogP contribution is 2.17. The first-order chi connectivity index (χ1) is 7.53. The molecule has 0 aliphatic heterocycles. The molecule has 1 unspecified atom stereocenters. The van der Waals surface area contributed by atoms with Crippen LogP contribution in [0.1, 0.15) is 6.92 Å². The Labute approximate surface area is 104 Å². The molecule has 0 radical (unpaired) electrons. The van der Waals surface area contributed by atoms with Gasteiger partial charge in [-0.3, -0.25) is 9.98 Å². The third kappa shape index (κ3) is 3.46. The molecule has 0 bridgehead atoms. The molecule has 1 atom stereocenters. The van der Waals surface area contributed by atoms with Gasteiger partial charge in [0.25, 0.3) is 0 Å². The molecule has 0 amide bonds. The van der Waals surface area contributed by atoms with Gasteiger partial charge in [-0.25, -0.2) is 0 Å². The number of aliphatic hydroxyl groups is 1. The van der Waals surface area contributed by atoms with Crippen molar-refractivity contribution in [2.24, 2.45) is 21.5 Å². The Bertz CT molecular complexity index is 324. The largest absolute Gasteiger partial charge is 0.404 e. The highest BCUT2D eigenvalue weighted by Gasteiger charge is 2.20. The lowest BCUT2D eigenvalue weighted by atomic mass is 10.0. The molecule has 0 spiro atoms. The highest BCUT2D eigenvalue weighted by atomic mass is 79.9. The van der Waals surface area contributed by atoms with Gasteiger partial charge in [0.15, 0.2) is 0 Å². The average molecular weight is 289 g/mol. The molecule has 0 aliphatic carbocycles. The monoisotopic (exact) mass is 288 g/mol. The zero-order valence-electron chi connectivity index (χ0n) is 9.61. The minimum absolute atomic E-state index is 0.446. The van der Waals surface area contributed by atoms with E-state index in [2.05, 4.69) is 25.9 Å². The summed E-state index contributed by atoms with van der Waals surface area (Å²) in [4.78, 5) is 7.87. The van der Waals surface area contributed by atoms with Crippen LogP contribution in [0.25, 0.3) is 0 Å². The van der Waals surface area contributed by atoms with Crippen molar-refractivity contribution >= 4 is 26.3 Å². The number of halogens is 1. The van der Waals surface area contributed by atoms with Crippen LogP contribution in [0.2, 0.25) is 0 Å². The molecule has 0 heterocycles. The maximum absolute atomic E-state index is 10.1. The molecule has 6 heteroatoms. The number of rotatable bonds is 4. The van der Waals surface area contributed by atoms with Crippen LogP contribution in [-0.4, -0.2) is 35.6 Å². The maximum atomic E-state index is 10.1. The van der Waals surface area contributed by atoms with Crippen LogP contribution < -0.4 is 11.5 Å². The SMILES string of the molecule is CN=C(C)C(=CN)C(O)C(=CN)C(Br)=NC. The van der Waals surface area contributed by atoms with E-state index in [4.69, 9.17) is 11.5 Å². The minimum atomic E-state index is -0.947. The van der Waals surface area contributed by atoms with Gasteiger partial charge >= 0.3 is 0 Å². The van der Waals surface area contributed by atoms with Crippen LogP contribution in [-0.2, 0) is 0 Å². The molecule has 0 rings (SSSR count). The molecule has 16 heavy (non-hydrogen) atoms. The van der Waals surface area contributed by atoms with E-state index in [-0.39, 0.29) is 0 Å². The standard InChI is InChI=1S/C10H17BrN4O/c1-6(14-2)7(4-12)9(16)8(5-13)10(11)15-3/h4-5,9,16H,12-13H2,1-3H3. The Hall–Kier alpha value is -1.14. The lowest BCUT2D eigenvalue weighted by Gasteiger charge is -2.16. The maximum Gasteiger partial charge on any atom is 0.111 e. The fourth-order valence-corrected chi connectivity index (χ4v) is 1.46. The predicted molar refractivity (Wildman–Crippen MR) is 71.9 cm³/mol. The van der Waals surface area contributed by atoms with Crippen molar-refractivity contribution in [1.29, 1.82) is 0 Å². The van der Waals surface area contributed by atoms with Gasteiger partial charge in [0.05, 0.1) is 0 Å². The third-order valence-electron chi connectivity index (χ3n) is 2.14. The van der Waals surface area contributed by atoms with E-state index in [0.717, 1.165) is 0 Å². The molecule has 0 saturated carbocycles. The van der Waals surface area contributed by atoms with Gasteiger partial charge in [-0.15, -0.1) is 0 Å². The molecule has 0 aromatic carbocycles. The second kappa shape index (κ2) is 7.19. The fourth-order valence-electron chi connectivity index (χ4n) is 1.11. The van der Waals surface area contributed by atoms with E-state index in [1.165, 1.54) is 12.4 Å². The van der Waals surface area contributed by atoms with Gasteiger partial charge in [-0.2, -0.15) is 0 Å². The molecule has 5 N–H and O–H groups in total. The summed E-state index contributed by atoms with van der Waals surface area (Å²) in [5.41, 5.74) is 12.5. The summed E-state index contributed by atoms with van der Waals surface area (Å²) < 4.78 is 0.478. The number of nitrogens with two attached hydrogens (primary N) is 2. The fraction of sp³-hybridized carbons (Fsp3) is 0.400. The summed E-state index contributed by atoms with van der Waals surface area (Å²) in [7, 11) is 3.22. The smallest absolute Gasteiger partial charge is 0.111 e. The van der Waals surface area contributed by atoms with Gasteiger partial charge in [-0.1, -0.05) is 0 Å². The van der Waals surface area contributed by atoms with Crippen LogP contribution in [0.15, 0.2) is 33.5 Å². The van der Waals surface area contributed by atoms with Crippen molar-refractivity contribution in [3.05, 3.63) is 23.5 Å². The number of aliphatic hydroxyl groups excluding tert-OH is 1. The van der Waals surface area contributed by atoms with Crippen LogP contribution in [0, 0.1) is 0 Å². The lowest BCUT2D eigenvalue weighted by Crippen LogP contribution is -2.24. The summed E-state index contributed by atoms with van der Waals surface area (Å²) in [6, 6.07) is 0. The molecule has 0 aromatic heterocycles.